The maximum absolute atomic E-state index is 12.6. The van der Waals surface area contributed by atoms with Crippen molar-refractivity contribution in [2.24, 2.45) is 4.99 Å². The predicted molar refractivity (Wildman–Crippen MR) is 96.7 cm³/mol. The molecule has 0 aromatic carbocycles. The molecule has 2 N–H and O–H groups in total. The fourth-order valence-electron chi connectivity index (χ4n) is 2.54. The van der Waals surface area contributed by atoms with Crippen LogP contribution in [0.4, 0.5) is 13.2 Å². The second-order valence-electron chi connectivity index (χ2n) is 6.02. The maximum Gasteiger partial charge on any atom is 0.434 e. The van der Waals surface area contributed by atoms with Crippen LogP contribution in [0.3, 0.4) is 0 Å². The standard InChI is InChI=1S/C16H26F3N5OS/c1-3-20-15(22-10-12(2)24-6-8-25-9-7-24)21-5-4-14-23-13(11-26-14)16(17,18)19/h11-12H,3-10H2,1-2H3,(H2,20,21,22). The monoisotopic (exact) mass is 393 g/mol. The van der Waals surface area contributed by atoms with E-state index in [1.807, 2.05) is 6.92 Å². The van der Waals surface area contributed by atoms with E-state index in [9.17, 15) is 13.2 Å². The molecule has 1 aromatic rings. The third-order valence-corrected chi connectivity index (χ3v) is 4.91. The fourth-order valence-corrected chi connectivity index (χ4v) is 3.35. The summed E-state index contributed by atoms with van der Waals surface area (Å²) in [6.07, 6.45) is -3.96. The Balaban J connectivity index is 1.80. The second-order valence-corrected chi connectivity index (χ2v) is 6.96. The van der Waals surface area contributed by atoms with E-state index in [4.69, 9.17) is 4.74 Å². The highest BCUT2D eigenvalue weighted by molar-refractivity contribution is 7.09. The van der Waals surface area contributed by atoms with Gasteiger partial charge in [0.05, 0.1) is 24.8 Å². The number of nitrogens with one attached hydrogen (secondary N) is 2. The summed E-state index contributed by atoms with van der Waals surface area (Å²) in [5, 5.41) is 7.83. The lowest BCUT2D eigenvalue weighted by Gasteiger charge is -2.31. The average molecular weight is 393 g/mol. The molecule has 1 fully saturated rings. The first-order valence-electron chi connectivity index (χ1n) is 8.75. The van der Waals surface area contributed by atoms with Crippen LogP contribution in [0, 0.1) is 0 Å². The Morgan fingerprint density at radius 2 is 2.12 bits per heavy atom. The third-order valence-electron chi connectivity index (χ3n) is 4.00. The number of thiazole rings is 1. The van der Waals surface area contributed by atoms with Crippen LogP contribution in [-0.4, -0.2) is 67.8 Å². The lowest BCUT2D eigenvalue weighted by Crippen LogP contribution is -2.44. The van der Waals surface area contributed by atoms with Gasteiger partial charge in [0.15, 0.2) is 11.7 Å². The van der Waals surface area contributed by atoms with E-state index < -0.39 is 11.9 Å². The molecular weight excluding hydrogens is 367 g/mol. The summed E-state index contributed by atoms with van der Waals surface area (Å²) in [4.78, 5) is 10.6. The van der Waals surface area contributed by atoms with E-state index in [1.165, 1.54) is 0 Å². The lowest BCUT2D eigenvalue weighted by atomic mass is 10.2. The topological polar surface area (TPSA) is 61.8 Å². The first-order valence-corrected chi connectivity index (χ1v) is 9.63. The molecule has 2 heterocycles. The van der Waals surface area contributed by atoms with E-state index >= 15 is 0 Å². The van der Waals surface area contributed by atoms with Gasteiger partial charge < -0.3 is 15.4 Å². The molecule has 10 heteroatoms. The molecule has 148 valence electrons. The van der Waals surface area contributed by atoms with Crippen LogP contribution in [0.5, 0.6) is 0 Å². The van der Waals surface area contributed by atoms with Gasteiger partial charge in [-0.3, -0.25) is 9.89 Å². The minimum absolute atomic E-state index is 0.308. The van der Waals surface area contributed by atoms with Crippen LogP contribution >= 0.6 is 11.3 Å². The summed E-state index contributed by atoms with van der Waals surface area (Å²) in [6, 6.07) is 0.308. The highest BCUT2D eigenvalue weighted by Gasteiger charge is 2.33. The first kappa shape index (κ1) is 20.9. The van der Waals surface area contributed by atoms with Gasteiger partial charge in [-0.2, -0.15) is 13.2 Å². The highest BCUT2D eigenvalue weighted by atomic mass is 32.1. The summed E-state index contributed by atoms with van der Waals surface area (Å²) in [5.41, 5.74) is -0.822. The zero-order valence-corrected chi connectivity index (χ0v) is 15.9. The number of guanidine groups is 1. The van der Waals surface area contributed by atoms with Crippen LogP contribution in [-0.2, 0) is 17.3 Å². The number of aliphatic imine (C=N–C) groups is 1. The number of morpholine rings is 1. The van der Waals surface area contributed by atoms with Crippen molar-refractivity contribution >= 4 is 17.3 Å². The molecule has 0 saturated carbocycles. The third kappa shape index (κ3) is 6.73. The molecule has 0 radical (unpaired) electrons. The molecule has 0 spiro atoms. The van der Waals surface area contributed by atoms with Crippen LogP contribution in [0.25, 0.3) is 0 Å². The van der Waals surface area contributed by atoms with Crippen LogP contribution in [0.2, 0.25) is 0 Å². The molecule has 1 aliphatic heterocycles. The van der Waals surface area contributed by atoms with E-state index in [0.29, 0.717) is 43.1 Å². The SMILES string of the molecule is CCNC(=NCC(C)N1CCOCC1)NCCc1nc(C(F)(F)F)cs1. The molecule has 1 saturated heterocycles. The van der Waals surface area contributed by atoms with Gasteiger partial charge in [-0.25, -0.2) is 4.98 Å². The number of ether oxygens (including phenoxy) is 1. The molecule has 0 amide bonds. The zero-order chi connectivity index (χ0) is 19.0. The van der Waals surface area contributed by atoms with E-state index in [0.717, 1.165) is 43.0 Å². The number of hydrogen-bond donors (Lipinski definition) is 2. The minimum atomic E-state index is -4.38. The smallest absolute Gasteiger partial charge is 0.379 e. The summed E-state index contributed by atoms with van der Waals surface area (Å²) in [5.74, 6) is 0.667. The number of alkyl halides is 3. The Hall–Kier alpha value is -1.39. The Bertz CT molecular complexity index is 572. The largest absolute Gasteiger partial charge is 0.434 e. The molecule has 1 aliphatic rings. The molecule has 0 aliphatic carbocycles. The van der Waals surface area contributed by atoms with Gasteiger partial charge in [-0.05, 0) is 13.8 Å². The fraction of sp³-hybridized carbons (Fsp3) is 0.750. The van der Waals surface area contributed by atoms with Gasteiger partial charge in [-0.15, -0.1) is 11.3 Å². The molecule has 2 rings (SSSR count). The Morgan fingerprint density at radius 3 is 2.73 bits per heavy atom. The number of halogens is 3. The van der Waals surface area contributed by atoms with Gasteiger partial charge in [0.1, 0.15) is 0 Å². The number of hydrogen-bond acceptors (Lipinski definition) is 5. The molecule has 0 bridgehead atoms. The van der Waals surface area contributed by atoms with Crippen LogP contribution in [0.1, 0.15) is 24.5 Å². The zero-order valence-electron chi connectivity index (χ0n) is 15.1. The molecule has 1 unspecified atom stereocenters. The number of rotatable bonds is 7. The molecule has 26 heavy (non-hydrogen) atoms. The summed E-state index contributed by atoms with van der Waals surface area (Å²) >= 11 is 1.03. The molecule has 1 aromatic heterocycles. The average Bonchev–Trinajstić information content (AvgIpc) is 3.09. The summed E-state index contributed by atoms with van der Waals surface area (Å²) in [7, 11) is 0. The molecule has 1 atom stereocenters. The van der Waals surface area contributed by atoms with E-state index in [2.05, 4.69) is 32.4 Å². The number of nitrogens with zero attached hydrogens (tertiary/aromatic N) is 3. The Morgan fingerprint density at radius 1 is 1.38 bits per heavy atom. The van der Waals surface area contributed by atoms with Gasteiger partial charge in [0, 0.05) is 44.0 Å². The molecule has 6 nitrogen and oxygen atoms in total. The van der Waals surface area contributed by atoms with Crippen molar-refractivity contribution in [1.82, 2.24) is 20.5 Å². The Kier molecular flexibility index (Phi) is 8.11. The maximum atomic E-state index is 12.6. The van der Waals surface area contributed by atoms with Gasteiger partial charge in [0.2, 0.25) is 0 Å². The quantitative estimate of drug-likeness (QED) is 0.548. The van der Waals surface area contributed by atoms with Crippen molar-refractivity contribution in [3.63, 3.8) is 0 Å². The van der Waals surface area contributed by atoms with E-state index in [1.54, 1.807) is 0 Å². The van der Waals surface area contributed by atoms with Crippen LogP contribution < -0.4 is 10.6 Å². The summed E-state index contributed by atoms with van der Waals surface area (Å²) in [6.45, 7) is 9.25. The van der Waals surface area contributed by atoms with Crippen molar-refractivity contribution < 1.29 is 17.9 Å². The summed E-state index contributed by atoms with van der Waals surface area (Å²) < 4.78 is 43.1. The minimum Gasteiger partial charge on any atom is -0.379 e. The van der Waals surface area contributed by atoms with Crippen molar-refractivity contribution in [2.45, 2.75) is 32.5 Å². The Labute approximate surface area is 155 Å². The van der Waals surface area contributed by atoms with Crippen molar-refractivity contribution in [3.8, 4) is 0 Å². The predicted octanol–water partition coefficient (Wildman–Crippen LogP) is 1.98. The van der Waals surface area contributed by atoms with E-state index in [-0.39, 0.29) is 0 Å². The second kappa shape index (κ2) is 10.1. The van der Waals surface area contributed by atoms with Gasteiger partial charge in [-0.1, -0.05) is 0 Å². The highest BCUT2D eigenvalue weighted by Crippen LogP contribution is 2.29. The van der Waals surface area contributed by atoms with Crippen molar-refractivity contribution in [2.75, 3.05) is 45.9 Å². The van der Waals surface area contributed by atoms with Crippen LogP contribution in [0.15, 0.2) is 10.4 Å². The van der Waals surface area contributed by atoms with Crippen molar-refractivity contribution in [1.29, 1.82) is 0 Å². The van der Waals surface area contributed by atoms with Crippen molar-refractivity contribution in [3.05, 3.63) is 16.1 Å². The normalized spacial score (nSPS) is 18.0. The number of aromatic nitrogens is 1. The first-order chi connectivity index (χ1) is 12.4. The molecular formula is C16H26F3N5OS. The lowest BCUT2D eigenvalue weighted by molar-refractivity contribution is -0.140. The van der Waals surface area contributed by atoms with Gasteiger partial charge in [0.25, 0.3) is 0 Å². The van der Waals surface area contributed by atoms with Gasteiger partial charge >= 0.3 is 6.18 Å².